The standard InChI is InChI=1S/C18H14FN5/c19-16-8-6-14(7-9-16)18-15(10-23-13-20-12-21-23)11-24(22-18)17-4-2-1-3-5-17/h1-9,11-13H,10H2. The molecule has 2 aromatic carbocycles. The molecule has 0 unspecified atom stereocenters. The highest BCUT2D eigenvalue weighted by Crippen LogP contribution is 2.24. The molecule has 0 saturated heterocycles. The van der Waals surface area contributed by atoms with Crippen molar-refractivity contribution in [2.24, 2.45) is 0 Å². The topological polar surface area (TPSA) is 48.5 Å². The van der Waals surface area contributed by atoms with Crippen LogP contribution in [0, 0.1) is 5.82 Å². The van der Waals surface area contributed by atoms with Gasteiger partial charge in [0.1, 0.15) is 18.5 Å². The predicted octanol–water partition coefficient (Wildman–Crippen LogP) is 3.32. The van der Waals surface area contributed by atoms with Gasteiger partial charge in [-0.05, 0) is 36.4 Å². The lowest BCUT2D eigenvalue weighted by Gasteiger charge is -2.02. The van der Waals surface area contributed by atoms with E-state index in [1.54, 1.807) is 23.1 Å². The van der Waals surface area contributed by atoms with E-state index in [9.17, 15) is 4.39 Å². The summed E-state index contributed by atoms with van der Waals surface area (Å²) in [7, 11) is 0. The summed E-state index contributed by atoms with van der Waals surface area (Å²) in [4.78, 5) is 3.97. The van der Waals surface area contributed by atoms with E-state index in [4.69, 9.17) is 5.10 Å². The van der Waals surface area contributed by atoms with E-state index < -0.39 is 0 Å². The summed E-state index contributed by atoms with van der Waals surface area (Å²) in [5.74, 6) is -0.265. The van der Waals surface area contributed by atoms with Gasteiger partial charge in [-0.25, -0.2) is 18.7 Å². The zero-order chi connectivity index (χ0) is 16.4. The van der Waals surface area contributed by atoms with Crippen LogP contribution in [0.5, 0.6) is 0 Å². The molecule has 4 aromatic rings. The van der Waals surface area contributed by atoms with E-state index in [0.29, 0.717) is 6.54 Å². The fourth-order valence-corrected chi connectivity index (χ4v) is 2.58. The molecular formula is C18H14FN5. The SMILES string of the molecule is Fc1ccc(-c2nn(-c3ccccc3)cc2Cn2cncn2)cc1. The normalized spacial score (nSPS) is 10.9. The third-order valence-corrected chi connectivity index (χ3v) is 3.73. The lowest BCUT2D eigenvalue weighted by Crippen LogP contribution is -2.00. The van der Waals surface area contributed by atoms with Crippen LogP contribution in [0.1, 0.15) is 5.56 Å². The number of benzene rings is 2. The highest BCUT2D eigenvalue weighted by atomic mass is 19.1. The summed E-state index contributed by atoms with van der Waals surface area (Å²) >= 11 is 0. The second-order valence-electron chi connectivity index (χ2n) is 5.38. The Labute approximate surface area is 138 Å². The molecule has 0 fully saturated rings. The van der Waals surface area contributed by atoms with Gasteiger partial charge in [-0.2, -0.15) is 10.2 Å². The fraction of sp³-hybridized carbons (Fsp3) is 0.0556. The summed E-state index contributed by atoms with van der Waals surface area (Å²) in [6, 6.07) is 16.2. The second kappa shape index (κ2) is 6.08. The van der Waals surface area contributed by atoms with Gasteiger partial charge in [-0.15, -0.1) is 0 Å². The van der Waals surface area contributed by atoms with Gasteiger partial charge in [0.25, 0.3) is 0 Å². The molecule has 0 aliphatic carbocycles. The number of rotatable bonds is 4. The summed E-state index contributed by atoms with van der Waals surface area (Å²) in [5, 5.41) is 8.84. The Morgan fingerprint density at radius 2 is 1.75 bits per heavy atom. The maximum atomic E-state index is 13.2. The lowest BCUT2D eigenvalue weighted by atomic mass is 10.1. The fourth-order valence-electron chi connectivity index (χ4n) is 2.58. The number of halogens is 1. The van der Waals surface area contributed by atoms with Crippen LogP contribution in [0.2, 0.25) is 0 Å². The van der Waals surface area contributed by atoms with Crippen LogP contribution in [-0.2, 0) is 6.54 Å². The molecule has 2 heterocycles. The summed E-state index contributed by atoms with van der Waals surface area (Å²) in [6.07, 6.45) is 5.13. The van der Waals surface area contributed by atoms with Crippen molar-refractivity contribution >= 4 is 0 Å². The van der Waals surface area contributed by atoms with Crippen LogP contribution in [-0.4, -0.2) is 24.5 Å². The van der Waals surface area contributed by atoms with Crippen LogP contribution in [0.4, 0.5) is 4.39 Å². The molecule has 0 spiro atoms. The minimum atomic E-state index is -0.265. The summed E-state index contributed by atoms with van der Waals surface area (Å²) in [6.45, 7) is 0.541. The Bertz CT molecular complexity index is 927. The van der Waals surface area contributed by atoms with Crippen molar-refractivity contribution in [3.8, 4) is 16.9 Å². The Morgan fingerprint density at radius 1 is 0.958 bits per heavy atom. The number of hydrogen-bond donors (Lipinski definition) is 0. The Hall–Kier alpha value is -3.28. The van der Waals surface area contributed by atoms with Crippen molar-refractivity contribution in [1.29, 1.82) is 0 Å². The largest absolute Gasteiger partial charge is 0.248 e. The average Bonchev–Trinajstić information content (AvgIpc) is 3.27. The van der Waals surface area contributed by atoms with Crippen LogP contribution < -0.4 is 0 Å². The second-order valence-corrected chi connectivity index (χ2v) is 5.38. The number of aromatic nitrogens is 5. The molecule has 118 valence electrons. The third kappa shape index (κ3) is 2.81. The maximum absolute atomic E-state index is 13.2. The van der Waals surface area contributed by atoms with Crippen LogP contribution in [0.25, 0.3) is 16.9 Å². The maximum Gasteiger partial charge on any atom is 0.137 e. The van der Waals surface area contributed by atoms with E-state index in [2.05, 4.69) is 10.1 Å². The molecule has 2 aromatic heterocycles. The minimum absolute atomic E-state index is 0.265. The van der Waals surface area contributed by atoms with E-state index in [0.717, 1.165) is 22.5 Å². The predicted molar refractivity (Wildman–Crippen MR) is 88.1 cm³/mol. The molecule has 0 bridgehead atoms. The first-order valence-electron chi connectivity index (χ1n) is 7.52. The molecule has 0 N–H and O–H groups in total. The van der Waals surface area contributed by atoms with Crippen LogP contribution in [0.15, 0.2) is 73.4 Å². The first-order chi connectivity index (χ1) is 11.8. The monoisotopic (exact) mass is 319 g/mol. The van der Waals surface area contributed by atoms with E-state index in [1.165, 1.54) is 18.5 Å². The van der Waals surface area contributed by atoms with Crippen molar-refractivity contribution in [2.75, 3.05) is 0 Å². The zero-order valence-electron chi connectivity index (χ0n) is 12.7. The molecular weight excluding hydrogens is 305 g/mol. The van der Waals surface area contributed by atoms with Crippen molar-refractivity contribution in [3.63, 3.8) is 0 Å². The van der Waals surface area contributed by atoms with Gasteiger partial charge in [0, 0.05) is 17.3 Å². The molecule has 5 nitrogen and oxygen atoms in total. The van der Waals surface area contributed by atoms with Crippen molar-refractivity contribution in [1.82, 2.24) is 24.5 Å². The zero-order valence-corrected chi connectivity index (χ0v) is 12.7. The van der Waals surface area contributed by atoms with Gasteiger partial charge in [0.05, 0.1) is 17.9 Å². The minimum Gasteiger partial charge on any atom is -0.248 e. The highest BCUT2D eigenvalue weighted by Gasteiger charge is 2.13. The molecule has 6 heteroatoms. The molecule has 0 aliphatic rings. The number of para-hydroxylation sites is 1. The first kappa shape index (κ1) is 14.3. The summed E-state index contributed by atoms with van der Waals surface area (Å²) in [5.41, 5.74) is 3.61. The van der Waals surface area contributed by atoms with Crippen LogP contribution in [0.3, 0.4) is 0 Å². The Balaban J connectivity index is 1.80. The molecule has 0 atom stereocenters. The van der Waals surface area contributed by atoms with Crippen molar-refractivity contribution in [3.05, 3.63) is 84.8 Å². The smallest absolute Gasteiger partial charge is 0.137 e. The molecule has 0 amide bonds. The Kier molecular flexibility index (Phi) is 3.63. The van der Waals surface area contributed by atoms with Crippen molar-refractivity contribution < 1.29 is 4.39 Å². The summed E-state index contributed by atoms with van der Waals surface area (Å²) < 4.78 is 16.8. The average molecular weight is 319 g/mol. The van der Waals surface area contributed by atoms with Gasteiger partial charge >= 0.3 is 0 Å². The molecule has 0 radical (unpaired) electrons. The van der Waals surface area contributed by atoms with Gasteiger partial charge in [-0.1, -0.05) is 18.2 Å². The third-order valence-electron chi connectivity index (χ3n) is 3.73. The molecule has 0 aliphatic heterocycles. The quantitative estimate of drug-likeness (QED) is 0.580. The number of nitrogens with zero attached hydrogens (tertiary/aromatic N) is 5. The molecule has 0 saturated carbocycles. The Morgan fingerprint density at radius 3 is 2.46 bits per heavy atom. The van der Waals surface area contributed by atoms with Gasteiger partial charge in [0.15, 0.2) is 0 Å². The van der Waals surface area contributed by atoms with Gasteiger partial charge < -0.3 is 0 Å². The van der Waals surface area contributed by atoms with E-state index >= 15 is 0 Å². The van der Waals surface area contributed by atoms with Crippen molar-refractivity contribution in [2.45, 2.75) is 6.54 Å². The highest BCUT2D eigenvalue weighted by molar-refractivity contribution is 5.63. The van der Waals surface area contributed by atoms with E-state index in [1.807, 2.05) is 41.2 Å². The molecule has 4 rings (SSSR count). The molecule has 24 heavy (non-hydrogen) atoms. The van der Waals surface area contributed by atoms with Crippen LogP contribution >= 0.6 is 0 Å². The van der Waals surface area contributed by atoms with Gasteiger partial charge in [0.2, 0.25) is 0 Å². The number of hydrogen-bond acceptors (Lipinski definition) is 3. The van der Waals surface area contributed by atoms with E-state index in [-0.39, 0.29) is 5.82 Å². The van der Waals surface area contributed by atoms with Gasteiger partial charge in [-0.3, -0.25) is 0 Å². The first-order valence-corrected chi connectivity index (χ1v) is 7.52. The lowest BCUT2D eigenvalue weighted by molar-refractivity contribution is 0.628.